The van der Waals surface area contributed by atoms with Crippen molar-refractivity contribution in [1.82, 2.24) is 15.1 Å². The number of nitrogens with one attached hydrogen (secondary N) is 1. The summed E-state index contributed by atoms with van der Waals surface area (Å²) in [6.45, 7) is 4.70. The van der Waals surface area contributed by atoms with E-state index in [1.54, 1.807) is 9.80 Å². The van der Waals surface area contributed by atoms with E-state index in [0.717, 1.165) is 11.1 Å². The third-order valence-corrected chi connectivity index (χ3v) is 4.86. The molecule has 3 amide bonds. The molecule has 0 spiro atoms. The van der Waals surface area contributed by atoms with Crippen LogP contribution in [0.5, 0.6) is 0 Å². The second kappa shape index (κ2) is 6.63. The molecule has 6 heteroatoms. The average Bonchev–Trinajstić information content (AvgIpc) is 2.91. The highest BCUT2D eigenvalue weighted by atomic mass is 16.2. The van der Waals surface area contributed by atoms with Gasteiger partial charge in [-0.25, -0.2) is 0 Å². The van der Waals surface area contributed by atoms with E-state index in [9.17, 15) is 14.4 Å². The minimum atomic E-state index is -0.0835. The van der Waals surface area contributed by atoms with Crippen molar-refractivity contribution < 1.29 is 14.4 Å². The Bertz CT molecular complexity index is 673. The van der Waals surface area contributed by atoms with Crippen molar-refractivity contribution in [2.45, 2.75) is 38.8 Å². The second-order valence-electron chi connectivity index (χ2n) is 6.71. The molecule has 0 bridgehead atoms. The molecule has 1 aromatic rings. The molecule has 6 nitrogen and oxygen atoms in total. The Morgan fingerprint density at radius 3 is 2.71 bits per heavy atom. The maximum Gasteiger partial charge on any atom is 0.242 e. The van der Waals surface area contributed by atoms with Gasteiger partial charge in [0, 0.05) is 26.1 Å². The molecule has 3 rings (SSSR count). The van der Waals surface area contributed by atoms with E-state index in [1.807, 2.05) is 31.2 Å². The van der Waals surface area contributed by atoms with Gasteiger partial charge in [0.2, 0.25) is 17.7 Å². The van der Waals surface area contributed by atoms with Crippen LogP contribution in [0.15, 0.2) is 24.3 Å². The number of nitrogens with zero attached hydrogens (tertiary/aromatic N) is 2. The quantitative estimate of drug-likeness (QED) is 0.877. The van der Waals surface area contributed by atoms with Crippen LogP contribution in [0.1, 0.15) is 24.5 Å². The van der Waals surface area contributed by atoms with Crippen LogP contribution in [0.3, 0.4) is 0 Å². The molecule has 1 aromatic carbocycles. The molecular weight excluding hydrogens is 306 g/mol. The Kier molecular flexibility index (Phi) is 4.55. The SMILES string of the molecule is CC(=O)NC1CC2CN(C(=O)Cc3ccccc3C)CC(=O)N2C1. The van der Waals surface area contributed by atoms with Crippen LogP contribution in [0.4, 0.5) is 0 Å². The van der Waals surface area contributed by atoms with Gasteiger partial charge in [0.15, 0.2) is 0 Å². The van der Waals surface area contributed by atoms with Crippen molar-refractivity contribution in [2.75, 3.05) is 19.6 Å². The normalized spacial score (nSPS) is 23.2. The molecule has 1 N–H and O–H groups in total. The fourth-order valence-electron chi connectivity index (χ4n) is 3.63. The number of fused-ring (bicyclic) bond motifs is 1. The lowest BCUT2D eigenvalue weighted by molar-refractivity contribution is -0.146. The topological polar surface area (TPSA) is 69.7 Å². The highest BCUT2D eigenvalue weighted by Gasteiger charge is 2.41. The first-order valence-corrected chi connectivity index (χ1v) is 8.33. The monoisotopic (exact) mass is 329 g/mol. The number of carbonyl (C=O) groups excluding carboxylic acids is 3. The van der Waals surface area contributed by atoms with Crippen LogP contribution in [0.25, 0.3) is 0 Å². The van der Waals surface area contributed by atoms with Crippen LogP contribution in [-0.2, 0) is 20.8 Å². The van der Waals surface area contributed by atoms with Crippen LogP contribution in [-0.4, -0.2) is 59.2 Å². The van der Waals surface area contributed by atoms with Crippen molar-refractivity contribution in [2.24, 2.45) is 0 Å². The molecular formula is C18H23N3O3. The van der Waals surface area contributed by atoms with E-state index in [0.29, 0.717) is 25.9 Å². The highest BCUT2D eigenvalue weighted by Crippen LogP contribution is 2.23. The Morgan fingerprint density at radius 1 is 1.25 bits per heavy atom. The smallest absolute Gasteiger partial charge is 0.242 e. The van der Waals surface area contributed by atoms with Gasteiger partial charge in [0.25, 0.3) is 0 Å². The third-order valence-electron chi connectivity index (χ3n) is 4.86. The number of piperazine rings is 1. The molecule has 0 aliphatic carbocycles. The molecule has 2 atom stereocenters. The number of hydrogen-bond donors (Lipinski definition) is 1. The van der Waals surface area contributed by atoms with Gasteiger partial charge in [-0.2, -0.15) is 0 Å². The maximum atomic E-state index is 12.6. The first kappa shape index (κ1) is 16.5. The van der Waals surface area contributed by atoms with Gasteiger partial charge < -0.3 is 15.1 Å². The van der Waals surface area contributed by atoms with Crippen LogP contribution >= 0.6 is 0 Å². The van der Waals surface area contributed by atoms with E-state index in [1.165, 1.54) is 6.92 Å². The number of benzene rings is 1. The summed E-state index contributed by atoms with van der Waals surface area (Å²) in [5, 5.41) is 2.87. The molecule has 2 aliphatic rings. The predicted octanol–water partition coefficient (Wildman–Crippen LogP) is 0.485. The average molecular weight is 329 g/mol. The van der Waals surface area contributed by atoms with E-state index < -0.39 is 0 Å². The van der Waals surface area contributed by atoms with Gasteiger partial charge in [0.1, 0.15) is 0 Å². The molecule has 2 fully saturated rings. The zero-order chi connectivity index (χ0) is 17.3. The molecule has 24 heavy (non-hydrogen) atoms. The maximum absolute atomic E-state index is 12.6. The summed E-state index contributed by atoms with van der Waals surface area (Å²) < 4.78 is 0. The first-order chi connectivity index (χ1) is 11.4. The summed E-state index contributed by atoms with van der Waals surface area (Å²) in [6, 6.07) is 7.81. The van der Waals surface area contributed by atoms with Crippen molar-refractivity contribution in [1.29, 1.82) is 0 Å². The zero-order valence-corrected chi connectivity index (χ0v) is 14.1. The Hall–Kier alpha value is -2.37. The Balaban J connectivity index is 1.64. The molecule has 0 radical (unpaired) electrons. The first-order valence-electron chi connectivity index (χ1n) is 8.33. The number of rotatable bonds is 3. The van der Waals surface area contributed by atoms with E-state index in [-0.39, 0.29) is 36.3 Å². The number of aryl methyl sites for hydroxylation is 1. The minimum Gasteiger partial charge on any atom is -0.352 e. The molecule has 2 saturated heterocycles. The lowest BCUT2D eigenvalue weighted by atomic mass is 10.0. The van der Waals surface area contributed by atoms with Crippen molar-refractivity contribution in [3.8, 4) is 0 Å². The van der Waals surface area contributed by atoms with Gasteiger partial charge in [-0.1, -0.05) is 24.3 Å². The molecule has 0 aromatic heterocycles. The largest absolute Gasteiger partial charge is 0.352 e. The van der Waals surface area contributed by atoms with Gasteiger partial charge in [-0.3, -0.25) is 14.4 Å². The molecule has 128 valence electrons. The lowest BCUT2D eigenvalue weighted by Gasteiger charge is -2.37. The Morgan fingerprint density at radius 2 is 2.00 bits per heavy atom. The van der Waals surface area contributed by atoms with E-state index in [4.69, 9.17) is 0 Å². The molecule has 2 unspecified atom stereocenters. The molecule has 2 heterocycles. The molecule has 2 aliphatic heterocycles. The summed E-state index contributed by atoms with van der Waals surface area (Å²) >= 11 is 0. The van der Waals surface area contributed by atoms with Crippen LogP contribution in [0.2, 0.25) is 0 Å². The predicted molar refractivity (Wildman–Crippen MR) is 89.2 cm³/mol. The van der Waals surface area contributed by atoms with Gasteiger partial charge >= 0.3 is 0 Å². The van der Waals surface area contributed by atoms with Crippen molar-refractivity contribution in [3.05, 3.63) is 35.4 Å². The molecule has 0 saturated carbocycles. The fraction of sp³-hybridized carbons (Fsp3) is 0.500. The van der Waals surface area contributed by atoms with Crippen LogP contribution < -0.4 is 5.32 Å². The van der Waals surface area contributed by atoms with E-state index in [2.05, 4.69) is 5.32 Å². The van der Waals surface area contributed by atoms with Crippen molar-refractivity contribution >= 4 is 17.7 Å². The lowest BCUT2D eigenvalue weighted by Crippen LogP contribution is -2.55. The number of hydrogen-bond acceptors (Lipinski definition) is 3. The van der Waals surface area contributed by atoms with Crippen LogP contribution in [0, 0.1) is 6.92 Å². The summed E-state index contributed by atoms with van der Waals surface area (Å²) in [7, 11) is 0. The minimum absolute atomic E-state index is 0.00363. The fourth-order valence-corrected chi connectivity index (χ4v) is 3.63. The second-order valence-corrected chi connectivity index (χ2v) is 6.71. The Labute approximate surface area is 141 Å². The highest BCUT2D eigenvalue weighted by molar-refractivity contribution is 5.87. The van der Waals surface area contributed by atoms with E-state index >= 15 is 0 Å². The van der Waals surface area contributed by atoms with Crippen molar-refractivity contribution in [3.63, 3.8) is 0 Å². The number of amides is 3. The number of carbonyl (C=O) groups is 3. The standard InChI is InChI=1S/C18H23N3O3/c1-12-5-3-4-6-14(12)7-17(23)20-10-16-8-15(19-13(2)22)9-21(16)18(24)11-20/h3-6,15-16H,7-11H2,1-2H3,(H,19,22). The zero-order valence-electron chi connectivity index (χ0n) is 14.1. The van der Waals surface area contributed by atoms with Gasteiger partial charge in [0.05, 0.1) is 19.0 Å². The summed E-state index contributed by atoms with van der Waals surface area (Å²) in [5.41, 5.74) is 2.09. The third kappa shape index (κ3) is 3.42. The van der Waals surface area contributed by atoms with Gasteiger partial charge in [-0.15, -0.1) is 0 Å². The summed E-state index contributed by atoms with van der Waals surface area (Å²) in [5.74, 6) is -0.128. The summed E-state index contributed by atoms with van der Waals surface area (Å²) in [4.78, 5) is 39.6. The summed E-state index contributed by atoms with van der Waals surface area (Å²) in [6.07, 6.45) is 1.03. The van der Waals surface area contributed by atoms with Gasteiger partial charge in [-0.05, 0) is 24.5 Å².